The van der Waals surface area contributed by atoms with Gasteiger partial charge in [-0.1, -0.05) is 12.3 Å². The van der Waals surface area contributed by atoms with Crippen LogP contribution in [0.25, 0.3) is 0 Å². The van der Waals surface area contributed by atoms with Gasteiger partial charge in [0.05, 0.1) is 18.7 Å². The van der Waals surface area contributed by atoms with Crippen LogP contribution >= 0.6 is 0 Å². The minimum absolute atomic E-state index is 0.0539. The van der Waals surface area contributed by atoms with E-state index in [1.54, 1.807) is 10.3 Å². The average molecular weight is 374 g/mol. The number of hydrogen-bond acceptors (Lipinski definition) is 7. The number of carbonyl (C=O) groups excluding carboxylic acids is 1. The number of likely N-dealkylation sites (tertiary alicyclic amines) is 1. The number of amides is 1. The van der Waals surface area contributed by atoms with Crippen molar-refractivity contribution in [3.8, 4) is 0 Å². The number of nitrogens with one attached hydrogen (secondary N) is 1. The van der Waals surface area contributed by atoms with Crippen LogP contribution in [0.15, 0.2) is 4.99 Å². The molecule has 1 aliphatic rings. The summed E-state index contributed by atoms with van der Waals surface area (Å²) in [7, 11) is 0. The van der Waals surface area contributed by atoms with Crippen LogP contribution in [-0.4, -0.2) is 60.2 Å². The van der Waals surface area contributed by atoms with Gasteiger partial charge >= 0.3 is 0 Å². The molecule has 0 bridgehead atoms. The fourth-order valence-electron chi connectivity index (χ4n) is 2.89. The molecule has 0 aromatic heterocycles. The molecule has 5 N–H and O–H groups in total. The third-order valence-electron chi connectivity index (χ3n) is 4.20. The van der Waals surface area contributed by atoms with E-state index < -0.39 is 11.1 Å². The quantitative estimate of drug-likeness (QED) is 0.118. The van der Waals surface area contributed by atoms with Gasteiger partial charge in [-0.25, -0.2) is 24.9 Å². The van der Waals surface area contributed by atoms with Crippen molar-refractivity contribution in [1.29, 1.82) is 0 Å². The number of rotatable bonds is 10. The summed E-state index contributed by atoms with van der Waals surface area (Å²) in [5.41, 5.74) is 13.1. The van der Waals surface area contributed by atoms with E-state index in [0.29, 0.717) is 38.5 Å². The Bertz CT molecular complexity index is 489. The molecule has 1 fully saturated rings. The summed E-state index contributed by atoms with van der Waals surface area (Å²) in [6.07, 6.45) is 2.69. The van der Waals surface area contributed by atoms with Crippen molar-refractivity contribution in [3.05, 3.63) is 10.1 Å². The number of aliphatic imine (C=N–C) groups is 1. The summed E-state index contributed by atoms with van der Waals surface area (Å²) >= 11 is 0. The lowest BCUT2D eigenvalue weighted by Gasteiger charge is -2.39. The lowest BCUT2D eigenvalue weighted by Crippen LogP contribution is -2.53. The second-order valence-corrected chi connectivity index (χ2v) is 6.39. The molecule has 3 atom stereocenters. The minimum Gasteiger partial charge on any atom is -0.365 e. The molecule has 1 rings (SSSR count). The van der Waals surface area contributed by atoms with Gasteiger partial charge in [0, 0.05) is 13.1 Å². The molecule has 0 saturated carbocycles. The van der Waals surface area contributed by atoms with E-state index in [1.165, 1.54) is 0 Å². The minimum atomic E-state index is -0.782. The van der Waals surface area contributed by atoms with Crippen LogP contribution in [0.5, 0.6) is 0 Å². The lowest BCUT2D eigenvalue weighted by atomic mass is 9.92. The van der Waals surface area contributed by atoms with Gasteiger partial charge in [-0.3, -0.25) is 4.79 Å². The van der Waals surface area contributed by atoms with Crippen LogP contribution in [0.1, 0.15) is 39.5 Å². The highest BCUT2D eigenvalue weighted by molar-refractivity contribution is 5.82. The Hall–Kier alpha value is -1.98. The van der Waals surface area contributed by atoms with Crippen LogP contribution in [0.3, 0.4) is 0 Å². The molecule has 1 saturated heterocycles. The molecule has 1 amide bonds. The van der Waals surface area contributed by atoms with Gasteiger partial charge in [-0.05, 0) is 38.5 Å². The number of carbonyl (C=O) groups is 1. The van der Waals surface area contributed by atoms with Crippen molar-refractivity contribution in [1.82, 2.24) is 10.3 Å². The molecule has 0 unspecified atom stereocenters. The monoisotopic (exact) mass is 374 g/mol. The van der Waals surface area contributed by atoms with Crippen molar-refractivity contribution in [2.75, 3.05) is 26.3 Å². The van der Waals surface area contributed by atoms with Crippen LogP contribution in [-0.2, 0) is 14.6 Å². The molecule has 0 aliphatic carbocycles. The zero-order valence-electron chi connectivity index (χ0n) is 15.4. The second kappa shape index (κ2) is 11.6. The summed E-state index contributed by atoms with van der Waals surface area (Å²) in [6, 6.07) is -0.709. The van der Waals surface area contributed by atoms with E-state index in [-0.39, 0.29) is 24.5 Å². The molecule has 0 aromatic rings. The van der Waals surface area contributed by atoms with Crippen molar-refractivity contribution in [2.24, 2.45) is 22.4 Å². The van der Waals surface area contributed by atoms with Gasteiger partial charge in [0.15, 0.2) is 5.03 Å². The van der Waals surface area contributed by atoms with E-state index in [4.69, 9.17) is 21.2 Å². The van der Waals surface area contributed by atoms with Crippen LogP contribution in [0, 0.1) is 16.0 Å². The summed E-state index contributed by atoms with van der Waals surface area (Å²) < 4.78 is 0. The number of nitro groups is 1. The number of hydrogen-bond donors (Lipinski definition) is 3. The first kappa shape index (κ1) is 22.1. The Kier molecular flexibility index (Phi) is 9.84. The highest BCUT2D eigenvalue weighted by Crippen LogP contribution is 2.23. The maximum atomic E-state index is 12.7. The first-order valence-corrected chi connectivity index (χ1v) is 8.86. The molecule has 11 nitrogen and oxygen atoms in total. The molecule has 0 spiro atoms. The fraction of sp³-hybridized carbons (Fsp3) is 0.867. The number of nitrogens with two attached hydrogens (primary N) is 2. The third-order valence-corrected chi connectivity index (χ3v) is 4.20. The van der Waals surface area contributed by atoms with Crippen molar-refractivity contribution >= 4 is 11.9 Å². The van der Waals surface area contributed by atoms with Crippen molar-refractivity contribution in [3.63, 3.8) is 0 Å². The lowest BCUT2D eigenvalue weighted by molar-refractivity contribution is -0.525. The van der Waals surface area contributed by atoms with E-state index in [0.717, 1.165) is 12.8 Å². The topological polar surface area (TPSA) is 158 Å². The zero-order chi connectivity index (χ0) is 19.5. The molecule has 1 heterocycles. The number of guanidine groups is 1. The standard InChI is InChI=1S/C15H30N6O5/c1-3-25-26-10-12-9-11(2)6-8-20(12)14(22)13(16)5-4-7-18-15(17)19-21(23)24/h11-13H,3-10,16H2,1-2H3,(H3,17,18,19)/t11-,12+,13+/m1/s1. The molecule has 11 heteroatoms. The number of piperidine rings is 1. The second-order valence-electron chi connectivity index (χ2n) is 6.39. The molecule has 0 aromatic carbocycles. The first-order chi connectivity index (χ1) is 12.3. The Morgan fingerprint density at radius 1 is 1.50 bits per heavy atom. The Morgan fingerprint density at radius 3 is 2.88 bits per heavy atom. The molecular formula is C15H30N6O5. The fourth-order valence-corrected chi connectivity index (χ4v) is 2.89. The predicted molar refractivity (Wildman–Crippen MR) is 95.3 cm³/mol. The molecular weight excluding hydrogens is 344 g/mol. The summed E-state index contributed by atoms with van der Waals surface area (Å²) in [6.45, 7) is 5.65. The molecule has 26 heavy (non-hydrogen) atoms. The SMILES string of the molecule is CCOOC[C@@H]1C[C@H](C)CCN1C(=O)[C@@H](N)CCCN=C(N)N[N+](=O)[O-]. The maximum Gasteiger partial charge on any atom is 0.251 e. The Balaban J connectivity index is 2.47. The van der Waals surface area contributed by atoms with E-state index in [9.17, 15) is 14.9 Å². The van der Waals surface area contributed by atoms with Gasteiger partial charge < -0.3 is 16.4 Å². The largest absolute Gasteiger partial charge is 0.365 e. The summed E-state index contributed by atoms with van der Waals surface area (Å²) in [5, 5.41) is 9.43. The van der Waals surface area contributed by atoms with E-state index >= 15 is 0 Å². The number of nitrogens with zero attached hydrogens (tertiary/aromatic N) is 3. The zero-order valence-corrected chi connectivity index (χ0v) is 15.4. The predicted octanol–water partition coefficient (Wildman–Crippen LogP) is -0.215. The molecule has 1 aliphatic heterocycles. The Morgan fingerprint density at radius 2 is 2.23 bits per heavy atom. The highest BCUT2D eigenvalue weighted by atomic mass is 17.2. The van der Waals surface area contributed by atoms with Crippen molar-refractivity contribution in [2.45, 2.75) is 51.6 Å². The molecule has 0 radical (unpaired) electrons. The summed E-state index contributed by atoms with van der Waals surface area (Å²) in [4.78, 5) is 38.6. The van der Waals surface area contributed by atoms with E-state index in [1.807, 2.05) is 6.92 Å². The van der Waals surface area contributed by atoms with Crippen LogP contribution in [0.4, 0.5) is 0 Å². The molecule has 150 valence electrons. The maximum absolute atomic E-state index is 12.7. The van der Waals surface area contributed by atoms with Gasteiger partial charge in [0.25, 0.3) is 5.96 Å². The third kappa shape index (κ3) is 7.93. The van der Waals surface area contributed by atoms with Gasteiger partial charge in [0.2, 0.25) is 5.91 Å². The average Bonchev–Trinajstić information content (AvgIpc) is 2.57. The highest BCUT2D eigenvalue weighted by Gasteiger charge is 2.32. The smallest absolute Gasteiger partial charge is 0.251 e. The van der Waals surface area contributed by atoms with Gasteiger partial charge in [0.1, 0.15) is 6.61 Å². The number of hydrazine groups is 1. The normalized spacial score (nSPS) is 22.1. The Labute approximate surface area is 153 Å². The van der Waals surface area contributed by atoms with Crippen LogP contribution in [0.2, 0.25) is 0 Å². The van der Waals surface area contributed by atoms with E-state index in [2.05, 4.69) is 11.9 Å². The van der Waals surface area contributed by atoms with Gasteiger partial charge in [-0.15, -0.1) is 0 Å². The first-order valence-electron chi connectivity index (χ1n) is 8.86. The van der Waals surface area contributed by atoms with Gasteiger partial charge in [-0.2, -0.15) is 0 Å². The van der Waals surface area contributed by atoms with Crippen LogP contribution < -0.4 is 16.9 Å². The summed E-state index contributed by atoms with van der Waals surface area (Å²) in [5.74, 6) is 0.118. The van der Waals surface area contributed by atoms with Crippen molar-refractivity contribution < 1.29 is 19.6 Å².